The van der Waals surface area contributed by atoms with Crippen LogP contribution in [0.5, 0.6) is 0 Å². The van der Waals surface area contributed by atoms with Crippen molar-refractivity contribution in [3.63, 3.8) is 0 Å². The summed E-state index contributed by atoms with van der Waals surface area (Å²) in [5, 5.41) is 7.72. The molecule has 1 aromatic carbocycles. The topological polar surface area (TPSA) is 59.8 Å². The molecular formula is C17H14Cl2N4O. The van der Waals surface area contributed by atoms with Gasteiger partial charge in [0.15, 0.2) is 0 Å². The molecule has 3 rings (SSSR count). The number of amides is 1. The quantitative estimate of drug-likeness (QED) is 0.771. The zero-order valence-corrected chi connectivity index (χ0v) is 14.3. The van der Waals surface area contributed by atoms with E-state index in [0.29, 0.717) is 22.2 Å². The van der Waals surface area contributed by atoms with Crippen LogP contribution in [0.2, 0.25) is 10.0 Å². The molecule has 0 saturated carbocycles. The Morgan fingerprint density at radius 1 is 1.17 bits per heavy atom. The van der Waals surface area contributed by atoms with Gasteiger partial charge in [0.05, 0.1) is 21.9 Å². The van der Waals surface area contributed by atoms with Crippen LogP contribution < -0.4 is 5.32 Å². The Bertz CT molecular complexity index is 875. The fourth-order valence-electron chi connectivity index (χ4n) is 2.18. The van der Waals surface area contributed by atoms with Crippen LogP contribution in [0.15, 0.2) is 48.9 Å². The summed E-state index contributed by atoms with van der Waals surface area (Å²) in [5.41, 5.74) is 3.15. The summed E-state index contributed by atoms with van der Waals surface area (Å²) >= 11 is 11.8. The van der Waals surface area contributed by atoms with Gasteiger partial charge in [-0.05, 0) is 29.8 Å². The standard InChI is InChI=1S/C17H14Cl2N4O/c1-23-10-13(9-22-23)16-5-2-11(7-20-16)8-21-17(24)12-3-4-14(18)15(19)6-12/h2-7,9-10H,8H2,1H3,(H,21,24). The van der Waals surface area contributed by atoms with Crippen LogP contribution in [0.25, 0.3) is 11.3 Å². The second-order valence-electron chi connectivity index (χ2n) is 5.27. The van der Waals surface area contributed by atoms with E-state index in [1.54, 1.807) is 35.3 Å². The maximum absolute atomic E-state index is 12.1. The van der Waals surface area contributed by atoms with E-state index < -0.39 is 0 Å². The molecule has 3 aromatic rings. The third-order valence-electron chi connectivity index (χ3n) is 3.46. The molecule has 7 heteroatoms. The van der Waals surface area contributed by atoms with Crippen LogP contribution in [0, 0.1) is 0 Å². The molecule has 0 aliphatic carbocycles. The first-order valence-corrected chi connectivity index (χ1v) is 7.96. The van der Waals surface area contributed by atoms with Gasteiger partial charge in [-0.25, -0.2) is 0 Å². The molecular weight excluding hydrogens is 347 g/mol. The Kier molecular flexibility index (Phi) is 4.83. The summed E-state index contributed by atoms with van der Waals surface area (Å²) in [5.74, 6) is -0.218. The van der Waals surface area contributed by atoms with E-state index in [1.807, 2.05) is 25.4 Å². The molecule has 1 N–H and O–H groups in total. The maximum Gasteiger partial charge on any atom is 0.251 e. The van der Waals surface area contributed by atoms with E-state index in [4.69, 9.17) is 23.2 Å². The van der Waals surface area contributed by atoms with Gasteiger partial charge < -0.3 is 5.32 Å². The molecule has 5 nitrogen and oxygen atoms in total. The summed E-state index contributed by atoms with van der Waals surface area (Å²) in [7, 11) is 1.86. The summed E-state index contributed by atoms with van der Waals surface area (Å²) in [6.45, 7) is 0.374. The van der Waals surface area contributed by atoms with Crippen molar-refractivity contribution >= 4 is 29.1 Å². The maximum atomic E-state index is 12.1. The van der Waals surface area contributed by atoms with Crippen LogP contribution in [0.1, 0.15) is 15.9 Å². The highest BCUT2D eigenvalue weighted by molar-refractivity contribution is 6.42. The molecule has 0 unspecified atom stereocenters. The van der Waals surface area contributed by atoms with Crippen molar-refractivity contribution in [1.29, 1.82) is 0 Å². The van der Waals surface area contributed by atoms with Crippen molar-refractivity contribution in [2.75, 3.05) is 0 Å². The summed E-state index contributed by atoms with van der Waals surface area (Å²) in [4.78, 5) is 16.5. The Hall–Kier alpha value is -2.37. The number of nitrogens with one attached hydrogen (secondary N) is 1. The second-order valence-corrected chi connectivity index (χ2v) is 6.08. The van der Waals surface area contributed by atoms with Gasteiger partial charge in [0.1, 0.15) is 0 Å². The Morgan fingerprint density at radius 2 is 2.00 bits per heavy atom. The number of pyridine rings is 1. The monoisotopic (exact) mass is 360 g/mol. The third-order valence-corrected chi connectivity index (χ3v) is 4.20. The van der Waals surface area contributed by atoms with E-state index in [-0.39, 0.29) is 5.91 Å². The fraction of sp³-hybridized carbons (Fsp3) is 0.118. The van der Waals surface area contributed by atoms with Crippen molar-refractivity contribution in [3.05, 3.63) is 70.1 Å². The minimum Gasteiger partial charge on any atom is -0.348 e. The van der Waals surface area contributed by atoms with Gasteiger partial charge in [-0.15, -0.1) is 0 Å². The summed E-state index contributed by atoms with van der Waals surface area (Å²) in [6, 6.07) is 8.60. The molecule has 0 aliphatic rings. The van der Waals surface area contributed by atoms with Gasteiger partial charge in [-0.3, -0.25) is 14.5 Å². The van der Waals surface area contributed by atoms with Crippen molar-refractivity contribution < 1.29 is 4.79 Å². The Morgan fingerprint density at radius 3 is 2.62 bits per heavy atom. The van der Waals surface area contributed by atoms with Crippen LogP contribution in [0.4, 0.5) is 0 Å². The number of carbonyl (C=O) groups is 1. The second kappa shape index (κ2) is 7.03. The SMILES string of the molecule is Cn1cc(-c2ccc(CNC(=O)c3ccc(Cl)c(Cl)c3)cn2)cn1. The summed E-state index contributed by atoms with van der Waals surface area (Å²) < 4.78 is 1.72. The average molecular weight is 361 g/mol. The zero-order chi connectivity index (χ0) is 17.1. The molecule has 2 aromatic heterocycles. The van der Waals surface area contributed by atoms with E-state index >= 15 is 0 Å². The highest BCUT2D eigenvalue weighted by Gasteiger charge is 2.08. The number of aromatic nitrogens is 3. The van der Waals surface area contributed by atoms with Crippen LogP contribution in [-0.4, -0.2) is 20.7 Å². The van der Waals surface area contributed by atoms with Gasteiger partial charge >= 0.3 is 0 Å². The number of hydrogen-bond acceptors (Lipinski definition) is 3. The number of rotatable bonds is 4. The van der Waals surface area contributed by atoms with Crippen molar-refractivity contribution in [3.8, 4) is 11.3 Å². The molecule has 122 valence electrons. The molecule has 0 radical (unpaired) electrons. The van der Waals surface area contributed by atoms with E-state index in [9.17, 15) is 4.79 Å². The molecule has 0 spiro atoms. The van der Waals surface area contributed by atoms with Crippen molar-refractivity contribution in [1.82, 2.24) is 20.1 Å². The van der Waals surface area contributed by atoms with Gasteiger partial charge in [0.25, 0.3) is 5.91 Å². The highest BCUT2D eigenvalue weighted by atomic mass is 35.5. The van der Waals surface area contributed by atoms with Gasteiger partial charge in [-0.2, -0.15) is 5.10 Å². The van der Waals surface area contributed by atoms with Gasteiger partial charge in [0, 0.05) is 37.1 Å². The minimum atomic E-state index is -0.218. The largest absolute Gasteiger partial charge is 0.348 e. The van der Waals surface area contributed by atoms with Crippen LogP contribution >= 0.6 is 23.2 Å². The van der Waals surface area contributed by atoms with E-state index in [0.717, 1.165) is 16.8 Å². The third kappa shape index (κ3) is 3.75. The minimum absolute atomic E-state index is 0.218. The van der Waals surface area contributed by atoms with Crippen molar-refractivity contribution in [2.24, 2.45) is 7.05 Å². The number of aryl methyl sites for hydroxylation is 1. The predicted molar refractivity (Wildman–Crippen MR) is 94.1 cm³/mol. The first kappa shape index (κ1) is 16.5. The molecule has 0 fully saturated rings. The molecule has 0 atom stereocenters. The lowest BCUT2D eigenvalue weighted by Crippen LogP contribution is -2.22. The molecule has 0 bridgehead atoms. The predicted octanol–water partition coefficient (Wildman–Crippen LogP) is 3.72. The normalized spacial score (nSPS) is 10.6. The van der Waals surface area contributed by atoms with E-state index in [2.05, 4.69) is 15.4 Å². The highest BCUT2D eigenvalue weighted by Crippen LogP contribution is 2.22. The molecule has 1 amide bonds. The molecule has 24 heavy (non-hydrogen) atoms. The first-order valence-electron chi connectivity index (χ1n) is 7.20. The Balaban J connectivity index is 1.64. The van der Waals surface area contributed by atoms with Crippen molar-refractivity contribution in [2.45, 2.75) is 6.54 Å². The molecule has 2 heterocycles. The number of benzene rings is 1. The zero-order valence-electron chi connectivity index (χ0n) is 12.8. The molecule has 0 aliphatic heterocycles. The van der Waals surface area contributed by atoms with Gasteiger partial charge in [-0.1, -0.05) is 29.3 Å². The van der Waals surface area contributed by atoms with E-state index in [1.165, 1.54) is 0 Å². The average Bonchev–Trinajstić information content (AvgIpc) is 3.02. The molecule has 0 saturated heterocycles. The number of carbonyl (C=O) groups excluding carboxylic acids is 1. The number of nitrogens with zero attached hydrogens (tertiary/aromatic N) is 3. The fourth-order valence-corrected chi connectivity index (χ4v) is 2.47. The van der Waals surface area contributed by atoms with Gasteiger partial charge in [0.2, 0.25) is 0 Å². The number of halogens is 2. The summed E-state index contributed by atoms with van der Waals surface area (Å²) in [6.07, 6.45) is 5.39. The Labute approximate surface area is 149 Å². The lowest BCUT2D eigenvalue weighted by Gasteiger charge is -2.07. The van der Waals surface area contributed by atoms with Crippen LogP contribution in [-0.2, 0) is 13.6 Å². The van der Waals surface area contributed by atoms with Crippen LogP contribution in [0.3, 0.4) is 0 Å². The number of hydrogen-bond donors (Lipinski definition) is 1. The lowest BCUT2D eigenvalue weighted by molar-refractivity contribution is 0.0951. The smallest absolute Gasteiger partial charge is 0.251 e. The lowest BCUT2D eigenvalue weighted by atomic mass is 10.2. The first-order chi connectivity index (χ1) is 11.5.